The molecule has 0 aliphatic heterocycles. The number of carbonyl (C=O) groups is 1. The predicted molar refractivity (Wildman–Crippen MR) is 67.0 cm³/mol. The second-order valence-electron chi connectivity index (χ2n) is 3.11. The van der Waals surface area contributed by atoms with Gasteiger partial charge in [-0.05, 0) is 25.0 Å². The number of halogens is 1. The van der Waals surface area contributed by atoms with E-state index in [9.17, 15) is 4.79 Å². The van der Waals surface area contributed by atoms with Gasteiger partial charge in [-0.15, -0.1) is 0 Å². The molecule has 0 radical (unpaired) electrons. The van der Waals surface area contributed by atoms with Gasteiger partial charge in [0.05, 0.1) is 0 Å². The van der Waals surface area contributed by atoms with Crippen LogP contribution in [0.4, 0.5) is 0 Å². The van der Waals surface area contributed by atoms with Crippen LogP contribution in [-0.4, -0.2) is 16.9 Å². The zero-order chi connectivity index (χ0) is 10.4. The molecule has 0 saturated carbocycles. The fourth-order valence-corrected chi connectivity index (χ4v) is 1.57. The number of rotatable bonds is 4. The van der Waals surface area contributed by atoms with Gasteiger partial charge in [0.25, 0.3) is 5.91 Å². The van der Waals surface area contributed by atoms with Crippen molar-refractivity contribution in [2.24, 2.45) is 0 Å². The molecule has 3 heteroatoms. The van der Waals surface area contributed by atoms with Crippen molar-refractivity contribution in [1.29, 1.82) is 0 Å². The Morgan fingerprint density at radius 3 is 2.79 bits per heavy atom. The van der Waals surface area contributed by atoms with Crippen LogP contribution in [0.5, 0.6) is 0 Å². The molecule has 0 aliphatic carbocycles. The average Bonchev–Trinajstić information content (AvgIpc) is 2.18. The average molecular weight is 303 g/mol. The third-order valence-electron chi connectivity index (χ3n) is 1.99. The number of nitrogens with one attached hydrogen (secondary N) is 1. The standard InChI is InChI=1S/C11H14INO/c1-9-5-2-3-6-10(9)11(14)13-8-4-7-12/h2-3,5-6H,4,7-8H2,1H3,(H,13,14). The first-order valence-electron chi connectivity index (χ1n) is 4.65. The fraction of sp³-hybridized carbons (Fsp3) is 0.364. The van der Waals surface area contributed by atoms with Crippen LogP contribution in [0.2, 0.25) is 0 Å². The summed E-state index contributed by atoms with van der Waals surface area (Å²) in [6.07, 6.45) is 1.03. The lowest BCUT2D eigenvalue weighted by atomic mass is 10.1. The van der Waals surface area contributed by atoms with Crippen LogP contribution < -0.4 is 5.32 Å². The van der Waals surface area contributed by atoms with Crippen LogP contribution >= 0.6 is 22.6 Å². The number of alkyl halides is 1. The lowest BCUT2D eigenvalue weighted by molar-refractivity contribution is 0.0953. The summed E-state index contributed by atoms with van der Waals surface area (Å²) < 4.78 is 1.08. The van der Waals surface area contributed by atoms with Gasteiger partial charge >= 0.3 is 0 Å². The van der Waals surface area contributed by atoms with Crippen molar-refractivity contribution in [3.63, 3.8) is 0 Å². The van der Waals surface area contributed by atoms with Gasteiger partial charge in [-0.2, -0.15) is 0 Å². The maximum Gasteiger partial charge on any atom is 0.251 e. The molecule has 0 aromatic heterocycles. The van der Waals surface area contributed by atoms with E-state index in [0.29, 0.717) is 0 Å². The van der Waals surface area contributed by atoms with Crippen molar-refractivity contribution < 1.29 is 4.79 Å². The molecule has 0 bridgehead atoms. The van der Waals surface area contributed by atoms with Gasteiger partial charge in [-0.25, -0.2) is 0 Å². The molecule has 1 rings (SSSR count). The SMILES string of the molecule is Cc1ccccc1C(=O)NCCCI. The molecule has 2 nitrogen and oxygen atoms in total. The molecule has 1 amide bonds. The Bertz CT molecular complexity index is 312. The Morgan fingerprint density at radius 2 is 2.14 bits per heavy atom. The summed E-state index contributed by atoms with van der Waals surface area (Å²) >= 11 is 2.30. The van der Waals surface area contributed by atoms with Crippen molar-refractivity contribution in [2.75, 3.05) is 11.0 Å². The Balaban J connectivity index is 2.56. The van der Waals surface area contributed by atoms with Crippen LogP contribution in [0.3, 0.4) is 0 Å². The van der Waals surface area contributed by atoms with Crippen LogP contribution in [0.15, 0.2) is 24.3 Å². The third kappa shape index (κ3) is 3.29. The number of hydrogen-bond acceptors (Lipinski definition) is 1. The Kier molecular flexibility index (Phi) is 4.93. The van der Waals surface area contributed by atoms with E-state index in [0.717, 1.165) is 28.5 Å². The van der Waals surface area contributed by atoms with Gasteiger partial charge in [0.15, 0.2) is 0 Å². The van der Waals surface area contributed by atoms with Crippen molar-refractivity contribution in [2.45, 2.75) is 13.3 Å². The van der Waals surface area contributed by atoms with E-state index < -0.39 is 0 Å². The number of carbonyl (C=O) groups excluding carboxylic acids is 1. The van der Waals surface area contributed by atoms with Crippen molar-refractivity contribution >= 4 is 28.5 Å². The zero-order valence-electron chi connectivity index (χ0n) is 8.22. The molecule has 0 aliphatic rings. The van der Waals surface area contributed by atoms with Crippen molar-refractivity contribution in [1.82, 2.24) is 5.32 Å². The van der Waals surface area contributed by atoms with Crippen LogP contribution in [0, 0.1) is 6.92 Å². The predicted octanol–water partition coefficient (Wildman–Crippen LogP) is 2.55. The van der Waals surface area contributed by atoms with E-state index in [4.69, 9.17) is 0 Å². The van der Waals surface area contributed by atoms with Gasteiger partial charge in [0.1, 0.15) is 0 Å². The summed E-state index contributed by atoms with van der Waals surface area (Å²) in [6, 6.07) is 7.64. The van der Waals surface area contributed by atoms with Crippen molar-refractivity contribution in [3.8, 4) is 0 Å². The minimum absolute atomic E-state index is 0.0351. The number of aryl methyl sites for hydroxylation is 1. The molecule has 1 aromatic rings. The first-order valence-corrected chi connectivity index (χ1v) is 6.18. The van der Waals surface area contributed by atoms with E-state index in [1.165, 1.54) is 0 Å². The summed E-state index contributed by atoms with van der Waals surface area (Å²) in [5, 5.41) is 2.90. The molecule has 1 N–H and O–H groups in total. The topological polar surface area (TPSA) is 29.1 Å². The maximum absolute atomic E-state index is 11.6. The Labute approximate surface area is 98.2 Å². The summed E-state index contributed by atoms with van der Waals surface area (Å²) in [6.45, 7) is 2.71. The molecule has 14 heavy (non-hydrogen) atoms. The molecule has 0 saturated heterocycles. The molecular weight excluding hydrogens is 289 g/mol. The minimum Gasteiger partial charge on any atom is -0.352 e. The van der Waals surface area contributed by atoms with E-state index in [2.05, 4.69) is 27.9 Å². The fourth-order valence-electron chi connectivity index (χ4n) is 1.19. The highest BCUT2D eigenvalue weighted by molar-refractivity contribution is 14.1. The first kappa shape index (κ1) is 11.5. The second-order valence-corrected chi connectivity index (χ2v) is 4.19. The van der Waals surface area contributed by atoms with Gasteiger partial charge in [0, 0.05) is 16.5 Å². The lowest BCUT2D eigenvalue weighted by Gasteiger charge is -2.06. The van der Waals surface area contributed by atoms with Crippen LogP contribution in [0.1, 0.15) is 22.3 Å². The van der Waals surface area contributed by atoms with E-state index in [1.54, 1.807) is 0 Å². The summed E-state index contributed by atoms with van der Waals surface area (Å²) in [5.41, 5.74) is 1.81. The van der Waals surface area contributed by atoms with E-state index in [1.807, 2.05) is 31.2 Å². The van der Waals surface area contributed by atoms with Gasteiger partial charge in [-0.3, -0.25) is 4.79 Å². The second kappa shape index (κ2) is 6.01. The zero-order valence-corrected chi connectivity index (χ0v) is 10.4. The molecule has 76 valence electrons. The quantitative estimate of drug-likeness (QED) is 0.517. The van der Waals surface area contributed by atoms with Gasteiger partial charge in [-0.1, -0.05) is 40.8 Å². The monoisotopic (exact) mass is 303 g/mol. The van der Waals surface area contributed by atoms with Crippen LogP contribution in [-0.2, 0) is 0 Å². The highest BCUT2D eigenvalue weighted by Crippen LogP contribution is 2.06. The summed E-state index contributed by atoms with van der Waals surface area (Å²) in [5.74, 6) is 0.0351. The number of benzene rings is 1. The largest absolute Gasteiger partial charge is 0.352 e. The Morgan fingerprint density at radius 1 is 1.43 bits per heavy atom. The minimum atomic E-state index is 0.0351. The van der Waals surface area contributed by atoms with E-state index in [-0.39, 0.29) is 5.91 Å². The molecule has 0 atom stereocenters. The van der Waals surface area contributed by atoms with E-state index >= 15 is 0 Å². The number of amides is 1. The molecule has 0 spiro atoms. The summed E-state index contributed by atoms with van der Waals surface area (Å²) in [4.78, 5) is 11.6. The normalized spacial score (nSPS) is 9.86. The molecule has 0 heterocycles. The summed E-state index contributed by atoms with van der Waals surface area (Å²) in [7, 11) is 0. The van der Waals surface area contributed by atoms with Gasteiger partial charge in [0.2, 0.25) is 0 Å². The molecule has 1 aromatic carbocycles. The molecular formula is C11H14INO. The van der Waals surface area contributed by atoms with Gasteiger partial charge < -0.3 is 5.32 Å². The molecule has 0 fully saturated rings. The number of hydrogen-bond donors (Lipinski definition) is 1. The van der Waals surface area contributed by atoms with Crippen LogP contribution in [0.25, 0.3) is 0 Å². The smallest absolute Gasteiger partial charge is 0.251 e. The Hall–Kier alpha value is -0.580. The highest BCUT2D eigenvalue weighted by atomic mass is 127. The maximum atomic E-state index is 11.6. The molecule has 0 unspecified atom stereocenters. The lowest BCUT2D eigenvalue weighted by Crippen LogP contribution is -2.25. The first-order chi connectivity index (χ1) is 6.75. The third-order valence-corrected chi connectivity index (χ3v) is 2.75. The highest BCUT2D eigenvalue weighted by Gasteiger charge is 2.05. The van der Waals surface area contributed by atoms with Crippen molar-refractivity contribution in [3.05, 3.63) is 35.4 Å².